The van der Waals surface area contributed by atoms with Gasteiger partial charge in [0.25, 0.3) is 5.92 Å². The van der Waals surface area contributed by atoms with E-state index in [1.807, 2.05) is 12.1 Å². The Bertz CT molecular complexity index is 497. The van der Waals surface area contributed by atoms with Crippen LogP contribution in [-0.2, 0) is 5.92 Å². The van der Waals surface area contributed by atoms with Gasteiger partial charge < -0.3 is 4.90 Å². The molecule has 1 aromatic rings. The molecule has 20 heavy (non-hydrogen) atoms. The monoisotopic (exact) mass is 277 g/mol. The summed E-state index contributed by atoms with van der Waals surface area (Å²) < 4.78 is 28.0. The molecule has 0 amide bonds. The molecule has 1 aliphatic heterocycles. The first-order valence-electron chi connectivity index (χ1n) is 7.37. The molecule has 2 unspecified atom stereocenters. The molecule has 1 saturated carbocycles. The van der Waals surface area contributed by atoms with E-state index in [-0.39, 0.29) is 5.56 Å². The molecule has 2 fully saturated rings. The van der Waals surface area contributed by atoms with Crippen molar-refractivity contribution in [2.75, 3.05) is 18.0 Å². The smallest absolute Gasteiger partial charge is 0.293 e. The Balaban J connectivity index is 1.87. The van der Waals surface area contributed by atoms with Gasteiger partial charge >= 0.3 is 0 Å². The lowest BCUT2D eigenvalue weighted by molar-refractivity contribution is 0.0530. The van der Waals surface area contributed by atoms with Gasteiger partial charge in [0.05, 0.1) is 0 Å². The van der Waals surface area contributed by atoms with Crippen LogP contribution < -0.4 is 4.90 Å². The first kappa shape index (κ1) is 13.6. The Hall–Kier alpha value is -1.38. The molecule has 0 bridgehead atoms. The van der Waals surface area contributed by atoms with E-state index in [2.05, 4.69) is 18.4 Å². The third kappa shape index (κ3) is 2.23. The highest BCUT2D eigenvalue weighted by Crippen LogP contribution is 2.45. The molecule has 1 saturated heterocycles. The first-order valence-corrected chi connectivity index (χ1v) is 7.37. The minimum absolute atomic E-state index is 0.0861. The van der Waals surface area contributed by atoms with E-state index in [9.17, 15) is 8.78 Å². The molecule has 1 aromatic carbocycles. The number of allylic oxidation sites excluding steroid dienone is 1. The van der Waals surface area contributed by atoms with E-state index in [1.54, 1.807) is 6.07 Å². The van der Waals surface area contributed by atoms with Gasteiger partial charge in [-0.1, -0.05) is 31.7 Å². The SMILES string of the molecule is C=CC(F)(F)c1ccccc1N1CC2CC(C)CC2C1. The van der Waals surface area contributed by atoms with E-state index in [0.717, 1.165) is 25.1 Å². The number of fused-ring (bicyclic) bond motifs is 1. The van der Waals surface area contributed by atoms with Crippen molar-refractivity contribution in [2.24, 2.45) is 17.8 Å². The van der Waals surface area contributed by atoms with Gasteiger partial charge in [-0.25, -0.2) is 0 Å². The number of para-hydroxylation sites is 1. The lowest BCUT2D eigenvalue weighted by Gasteiger charge is -2.26. The van der Waals surface area contributed by atoms with Crippen molar-refractivity contribution in [1.82, 2.24) is 0 Å². The number of rotatable bonds is 3. The van der Waals surface area contributed by atoms with Crippen LogP contribution in [0.4, 0.5) is 14.5 Å². The summed E-state index contributed by atoms with van der Waals surface area (Å²) in [4.78, 5) is 2.15. The minimum atomic E-state index is -2.96. The summed E-state index contributed by atoms with van der Waals surface area (Å²) >= 11 is 0. The van der Waals surface area contributed by atoms with Crippen molar-refractivity contribution < 1.29 is 8.78 Å². The van der Waals surface area contributed by atoms with Crippen molar-refractivity contribution in [2.45, 2.75) is 25.7 Å². The fourth-order valence-corrected chi connectivity index (χ4v) is 3.94. The summed E-state index contributed by atoms with van der Waals surface area (Å²) in [5.74, 6) is -0.815. The molecular weight excluding hydrogens is 256 g/mol. The summed E-state index contributed by atoms with van der Waals surface area (Å²) in [7, 11) is 0. The topological polar surface area (TPSA) is 3.24 Å². The van der Waals surface area contributed by atoms with Crippen molar-refractivity contribution in [3.05, 3.63) is 42.5 Å². The summed E-state index contributed by atoms with van der Waals surface area (Å²) in [5.41, 5.74) is 0.766. The maximum atomic E-state index is 14.0. The van der Waals surface area contributed by atoms with Gasteiger partial charge in [-0.3, -0.25) is 0 Å². The standard InChI is InChI=1S/C17H21F2N/c1-3-17(18,19)15-6-4-5-7-16(15)20-10-13-8-12(2)9-14(13)11-20/h3-7,12-14H,1,8-11H2,2H3. The zero-order valence-corrected chi connectivity index (χ0v) is 11.9. The van der Waals surface area contributed by atoms with Gasteiger partial charge in [0.15, 0.2) is 0 Å². The quantitative estimate of drug-likeness (QED) is 0.738. The molecule has 1 heterocycles. The van der Waals surface area contributed by atoms with Crippen molar-refractivity contribution in [3.8, 4) is 0 Å². The third-order valence-corrected chi connectivity index (χ3v) is 4.85. The van der Waals surface area contributed by atoms with E-state index in [0.29, 0.717) is 17.5 Å². The van der Waals surface area contributed by atoms with Crippen molar-refractivity contribution >= 4 is 5.69 Å². The number of alkyl halides is 2. The predicted octanol–water partition coefficient (Wildman–Crippen LogP) is 4.45. The fourth-order valence-electron chi connectivity index (χ4n) is 3.94. The highest BCUT2D eigenvalue weighted by Gasteiger charge is 2.41. The lowest BCUT2D eigenvalue weighted by atomic mass is 10.0. The van der Waals surface area contributed by atoms with Crippen LogP contribution in [-0.4, -0.2) is 13.1 Å². The molecule has 1 nitrogen and oxygen atoms in total. The highest BCUT2D eigenvalue weighted by atomic mass is 19.3. The first-order chi connectivity index (χ1) is 9.51. The van der Waals surface area contributed by atoms with E-state index in [1.165, 1.54) is 18.9 Å². The van der Waals surface area contributed by atoms with Gasteiger partial charge in [0.1, 0.15) is 0 Å². The Morgan fingerprint density at radius 2 is 1.80 bits per heavy atom. The van der Waals surface area contributed by atoms with Crippen LogP contribution in [0.15, 0.2) is 36.9 Å². The number of anilines is 1. The maximum absolute atomic E-state index is 14.0. The Morgan fingerprint density at radius 3 is 2.40 bits per heavy atom. The summed E-state index contributed by atoms with van der Waals surface area (Å²) in [5, 5.41) is 0. The molecule has 0 spiro atoms. The highest BCUT2D eigenvalue weighted by molar-refractivity contribution is 5.57. The second-order valence-corrected chi connectivity index (χ2v) is 6.35. The summed E-state index contributed by atoms with van der Waals surface area (Å²) in [6.45, 7) is 7.40. The summed E-state index contributed by atoms with van der Waals surface area (Å²) in [6.07, 6.45) is 3.22. The average molecular weight is 277 g/mol. The van der Waals surface area contributed by atoms with Gasteiger partial charge in [-0.15, -0.1) is 0 Å². The average Bonchev–Trinajstić information content (AvgIpc) is 2.96. The number of hydrogen-bond donors (Lipinski definition) is 0. The number of halogens is 2. The number of benzene rings is 1. The number of nitrogens with zero attached hydrogens (tertiary/aromatic N) is 1. The zero-order chi connectivity index (χ0) is 14.3. The molecular formula is C17H21F2N. The molecule has 0 aromatic heterocycles. The predicted molar refractivity (Wildman–Crippen MR) is 78.1 cm³/mol. The molecule has 0 N–H and O–H groups in total. The van der Waals surface area contributed by atoms with E-state index >= 15 is 0 Å². The van der Waals surface area contributed by atoms with Gasteiger partial charge in [0.2, 0.25) is 0 Å². The van der Waals surface area contributed by atoms with Gasteiger partial charge in [-0.05, 0) is 42.7 Å². The number of hydrogen-bond acceptors (Lipinski definition) is 1. The Morgan fingerprint density at radius 1 is 1.20 bits per heavy atom. The van der Waals surface area contributed by atoms with Crippen LogP contribution in [0.5, 0.6) is 0 Å². The van der Waals surface area contributed by atoms with Crippen molar-refractivity contribution in [3.63, 3.8) is 0 Å². The van der Waals surface area contributed by atoms with Gasteiger partial charge in [-0.2, -0.15) is 8.78 Å². The maximum Gasteiger partial charge on any atom is 0.293 e. The van der Waals surface area contributed by atoms with E-state index in [4.69, 9.17) is 0 Å². The molecule has 2 atom stereocenters. The molecule has 3 heteroatoms. The van der Waals surface area contributed by atoms with Crippen LogP contribution in [0.2, 0.25) is 0 Å². The molecule has 108 valence electrons. The van der Waals surface area contributed by atoms with Crippen LogP contribution in [0.1, 0.15) is 25.3 Å². The molecule has 2 aliphatic rings. The fraction of sp³-hybridized carbons (Fsp3) is 0.529. The largest absolute Gasteiger partial charge is 0.371 e. The normalized spacial score (nSPS) is 29.6. The lowest BCUT2D eigenvalue weighted by Crippen LogP contribution is -2.25. The third-order valence-electron chi connectivity index (χ3n) is 4.85. The van der Waals surface area contributed by atoms with Gasteiger partial charge in [0, 0.05) is 24.3 Å². The summed E-state index contributed by atoms with van der Waals surface area (Å²) in [6, 6.07) is 6.86. The molecule has 0 radical (unpaired) electrons. The van der Waals surface area contributed by atoms with Crippen LogP contribution in [0, 0.1) is 17.8 Å². The zero-order valence-electron chi connectivity index (χ0n) is 11.9. The Kier molecular flexibility index (Phi) is 3.31. The van der Waals surface area contributed by atoms with Crippen LogP contribution >= 0.6 is 0 Å². The minimum Gasteiger partial charge on any atom is -0.371 e. The second kappa shape index (κ2) is 4.87. The second-order valence-electron chi connectivity index (χ2n) is 6.35. The Labute approximate surface area is 119 Å². The van der Waals surface area contributed by atoms with Crippen molar-refractivity contribution in [1.29, 1.82) is 0 Å². The van der Waals surface area contributed by atoms with Crippen LogP contribution in [0.3, 0.4) is 0 Å². The van der Waals surface area contributed by atoms with E-state index < -0.39 is 5.92 Å². The molecule has 1 aliphatic carbocycles. The molecule has 3 rings (SSSR count). The van der Waals surface area contributed by atoms with Crippen LogP contribution in [0.25, 0.3) is 0 Å².